The van der Waals surface area contributed by atoms with Gasteiger partial charge in [0.15, 0.2) is 0 Å². The molecule has 0 saturated carbocycles. The van der Waals surface area contributed by atoms with Crippen molar-refractivity contribution in [3.8, 4) is 0 Å². The van der Waals surface area contributed by atoms with E-state index in [1.807, 2.05) is 0 Å². The standard InChI is InChI=1S/C13H16N2O4/c1-3-11(16)14-10-6-4-5-9(7-10)13(19)15(2)8-12(17)18/h4-7H,3,8H2,1-2H3,(H,14,16)(H,17,18). The fraction of sp³-hybridized carbons (Fsp3) is 0.308. The smallest absolute Gasteiger partial charge is 0.323 e. The van der Waals surface area contributed by atoms with E-state index in [0.29, 0.717) is 17.7 Å². The molecular formula is C13H16N2O4. The van der Waals surface area contributed by atoms with Gasteiger partial charge in [0.2, 0.25) is 5.91 Å². The molecule has 2 amide bonds. The van der Waals surface area contributed by atoms with Crippen molar-refractivity contribution in [3.05, 3.63) is 29.8 Å². The number of aliphatic carboxylic acids is 1. The van der Waals surface area contributed by atoms with Gasteiger partial charge >= 0.3 is 5.97 Å². The summed E-state index contributed by atoms with van der Waals surface area (Å²) in [6, 6.07) is 6.39. The van der Waals surface area contributed by atoms with Crippen LogP contribution in [0.3, 0.4) is 0 Å². The summed E-state index contributed by atoms with van der Waals surface area (Å²) in [6.45, 7) is 1.36. The molecule has 6 heteroatoms. The lowest BCUT2D eigenvalue weighted by Crippen LogP contribution is -2.31. The lowest BCUT2D eigenvalue weighted by atomic mass is 10.1. The van der Waals surface area contributed by atoms with Crippen LogP contribution in [0.15, 0.2) is 24.3 Å². The van der Waals surface area contributed by atoms with E-state index in [9.17, 15) is 14.4 Å². The molecule has 0 spiro atoms. The Bertz CT molecular complexity index is 499. The van der Waals surface area contributed by atoms with Crippen molar-refractivity contribution in [3.63, 3.8) is 0 Å². The summed E-state index contributed by atoms with van der Waals surface area (Å²) in [4.78, 5) is 34.8. The molecule has 1 aromatic carbocycles. The Morgan fingerprint density at radius 3 is 2.58 bits per heavy atom. The minimum Gasteiger partial charge on any atom is -0.480 e. The van der Waals surface area contributed by atoms with Gasteiger partial charge < -0.3 is 15.3 Å². The van der Waals surface area contributed by atoms with Crippen LogP contribution in [0.25, 0.3) is 0 Å². The molecule has 0 unspecified atom stereocenters. The molecule has 0 aromatic heterocycles. The van der Waals surface area contributed by atoms with Crippen molar-refractivity contribution < 1.29 is 19.5 Å². The number of carboxylic acid groups (broad SMARTS) is 1. The average molecular weight is 264 g/mol. The summed E-state index contributed by atoms with van der Waals surface area (Å²) < 4.78 is 0. The van der Waals surface area contributed by atoms with Crippen LogP contribution in [0.2, 0.25) is 0 Å². The number of likely N-dealkylation sites (N-methyl/N-ethyl adjacent to an activating group) is 1. The van der Waals surface area contributed by atoms with E-state index in [-0.39, 0.29) is 12.5 Å². The fourth-order valence-corrected chi connectivity index (χ4v) is 1.47. The topological polar surface area (TPSA) is 86.7 Å². The third-order valence-electron chi connectivity index (χ3n) is 2.43. The highest BCUT2D eigenvalue weighted by Gasteiger charge is 2.14. The number of carbonyl (C=O) groups is 3. The SMILES string of the molecule is CCC(=O)Nc1cccc(C(=O)N(C)CC(=O)O)c1. The van der Waals surface area contributed by atoms with Crippen molar-refractivity contribution in [1.29, 1.82) is 0 Å². The van der Waals surface area contributed by atoms with E-state index in [1.165, 1.54) is 13.1 Å². The lowest BCUT2D eigenvalue weighted by Gasteiger charge is -2.15. The second-order valence-corrected chi connectivity index (χ2v) is 4.04. The first-order valence-electron chi connectivity index (χ1n) is 5.81. The minimum absolute atomic E-state index is 0.150. The van der Waals surface area contributed by atoms with Crippen molar-refractivity contribution >= 4 is 23.5 Å². The molecule has 2 N–H and O–H groups in total. The van der Waals surface area contributed by atoms with Crippen LogP contribution in [-0.4, -0.2) is 41.4 Å². The van der Waals surface area contributed by atoms with Crippen LogP contribution in [0, 0.1) is 0 Å². The Hall–Kier alpha value is -2.37. The summed E-state index contributed by atoms with van der Waals surface area (Å²) in [5.41, 5.74) is 0.846. The molecule has 0 fully saturated rings. The van der Waals surface area contributed by atoms with E-state index >= 15 is 0 Å². The molecule has 1 rings (SSSR count). The van der Waals surface area contributed by atoms with E-state index in [2.05, 4.69) is 5.32 Å². The second kappa shape index (κ2) is 6.53. The molecule has 0 heterocycles. The van der Waals surface area contributed by atoms with Gasteiger partial charge in [0.05, 0.1) is 0 Å². The van der Waals surface area contributed by atoms with Crippen molar-refractivity contribution in [1.82, 2.24) is 4.90 Å². The predicted molar refractivity (Wildman–Crippen MR) is 70.0 cm³/mol. The molecule has 102 valence electrons. The molecule has 0 atom stereocenters. The third-order valence-corrected chi connectivity index (χ3v) is 2.43. The Balaban J connectivity index is 2.83. The zero-order chi connectivity index (χ0) is 14.4. The number of rotatable bonds is 5. The fourth-order valence-electron chi connectivity index (χ4n) is 1.47. The van der Waals surface area contributed by atoms with Crippen LogP contribution in [0.4, 0.5) is 5.69 Å². The first-order chi connectivity index (χ1) is 8.93. The maximum Gasteiger partial charge on any atom is 0.323 e. The Labute approximate surface area is 111 Å². The van der Waals surface area contributed by atoms with Gasteiger partial charge in [-0.05, 0) is 18.2 Å². The summed E-state index contributed by atoms with van der Waals surface area (Å²) in [5, 5.41) is 11.3. The maximum atomic E-state index is 11.9. The molecule has 0 saturated heterocycles. The highest BCUT2D eigenvalue weighted by Crippen LogP contribution is 2.12. The zero-order valence-electron chi connectivity index (χ0n) is 10.8. The van der Waals surface area contributed by atoms with Crippen LogP contribution >= 0.6 is 0 Å². The van der Waals surface area contributed by atoms with E-state index in [1.54, 1.807) is 25.1 Å². The van der Waals surface area contributed by atoms with E-state index in [0.717, 1.165) is 4.90 Å². The summed E-state index contributed by atoms with van der Waals surface area (Å²) in [6.07, 6.45) is 0.344. The lowest BCUT2D eigenvalue weighted by molar-refractivity contribution is -0.137. The van der Waals surface area contributed by atoms with Crippen molar-refractivity contribution in [2.45, 2.75) is 13.3 Å². The normalized spacial score (nSPS) is 9.79. The van der Waals surface area contributed by atoms with Gasteiger partial charge in [-0.2, -0.15) is 0 Å². The molecule has 0 bridgehead atoms. The zero-order valence-corrected chi connectivity index (χ0v) is 10.8. The summed E-state index contributed by atoms with van der Waals surface area (Å²) >= 11 is 0. The number of carboxylic acids is 1. The van der Waals surface area contributed by atoms with Crippen molar-refractivity contribution in [2.75, 3.05) is 18.9 Å². The molecule has 6 nitrogen and oxygen atoms in total. The average Bonchev–Trinajstić information content (AvgIpc) is 2.37. The first-order valence-corrected chi connectivity index (χ1v) is 5.81. The van der Waals surface area contributed by atoms with Crippen LogP contribution < -0.4 is 5.32 Å². The molecule has 19 heavy (non-hydrogen) atoms. The highest BCUT2D eigenvalue weighted by atomic mass is 16.4. The third kappa shape index (κ3) is 4.42. The van der Waals surface area contributed by atoms with Gasteiger partial charge in [-0.3, -0.25) is 14.4 Å². The Kier molecular flexibility index (Phi) is 5.05. The van der Waals surface area contributed by atoms with Crippen LogP contribution in [0.5, 0.6) is 0 Å². The molecular weight excluding hydrogens is 248 g/mol. The molecule has 1 aromatic rings. The Morgan fingerprint density at radius 2 is 2.00 bits per heavy atom. The summed E-state index contributed by atoms with van der Waals surface area (Å²) in [5.74, 6) is -1.63. The number of anilines is 1. The molecule has 0 aliphatic heterocycles. The van der Waals surface area contributed by atoms with Gasteiger partial charge in [-0.25, -0.2) is 0 Å². The van der Waals surface area contributed by atoms with Gasteiger partial charge in [0.25, 0.3) is 5.91 Å². The number of carbonyl (C=O) groups excluding carboxylic acids is 2. The number of nitrogens with zero attached hydrogens (tertiary/aromatic N) is 1. The predicted octanol–water partition coefficient (Wildman–Crippen LogP) is 1.19. The molecule has 0 aliphatic rings. The van der Waals surface area contributed by atoms with Gasteiger partial charge in [-0.15, -0.1) is 0 Å². The molecule has 0 aliphatic carbocycles. The van der Waals surface area contributed by atoms with Crippen LogP contribution in [-0.2, 0) is 9.59 Å². The largest absolute Gasteiger partial charge is 0.480 e. The first kappa shape index (κ1) is 14.7. The quantitative estimate of drug-likeness (QED) is 0.836. The maximum absolute atomic E-state index is 11.9. The van der Waals surface area contributed by atoms with E-state index in [4.69, 9.17) is 5.11 Å². The monoisotopic (exact) mass is 264 g/mol. The number of hydrogen-bond donors (Lipinski definition) is 2. The van der Waals surface area contributed by atoms with Crippen molar-refractivity contribution in [2.24, 2.45) is 0 Å². The minimum atomic E-state index is -1.08. The van der Waals surface area contributed by atoms with Gasteiger partial charge in [-0.1, -0.05) is 13.0 Å². The van der Waals surface area contributed by atoms with Gasteiger partial charge in [0, 0.05) is 24.7 Å². The number of benzene rings is 1. The second-order valence-electron chi connectivity index (χ2n) is 4.04. The number of amides is 2. The summed E-state index contributed by atoms with van der Waals surface area (Å²) in [7, 11) is 1.41. The number of hydrogen-bond acceptors (Lipinski definition) is 3. The highest BCUT2D eigenvalue weighted by molar-refractivity contribution is 5.98. The van der Waals surface area contributed by atoms with E-state index < -0.39 is 11.9 Å². The van der Waals surface area contributed by atoms with Crippen LogP contribution in [0.1, 0.15) is 23.7 Å². The number of nitrogens with one attached hydrogen (secondary N) is 1. The molecule has 0 radical (unpaired) electrons. The Morgan fingerprint density at radius 1 is 1.32 bits per heavy atom. The van der Waals surface area contributed by atoms with Gasteiger partial charge in [0.1, 0.15) is 6.54 Å².